The van der Waals surface area contributed by atoms with E-state index >= 15 is 0 Å². The smallest absolute Gasteiger partial charge is 0.182 e. The molecule has 0 amide bonds. The standard InChI is InChI=1S/C15H20N2O2S/c1-3-7-16-15-17-9-14(20-15)11-19-13-6-4-5-12(8-13)10-18-2/h4-6,8-9H,3,7,10-11H2,1-2H3,(H,16,17). The van der Waals surface area contributed by atoms with E-state index in [2.05, 4.69) is 17.2 Å². The molecule has 0 spiro atoms. The van der Waals surface area contributed by atoms with Crippen LogP contribution in [-0.2, 0) is 18.0 Å². The summed E-state index contributed by atoms with van der Waals surface area (Å²) in [7, 11) is 1.69. The van der Waals surface area contributed by atoms with Crippen molar-refractivity contribution in [3.05, 3.63) is 40.9 Å². The van der Waals surface area contributed by atoms with Gasteiger partial charge in [-0.15, -0.1) is 0 Å². The number of nitrogens with zero attached hydrogens (tertiary/aromatic N) is 1. The van der Waals surface area contributed by atoms with Crippen molar-refractivity contribution in [2.45, 2.75) is 26.6 Å². The summed E-state index contributed by atoms with van der Waals surface area (Å²) >= 11 is 1.63. The average Bonchev–Trinajstić information content (AvgIpc) is 2.92. The highest BCUT2D eigenvalue weighted by atomic mass is 32.1. The first-order chi connectivity index (χ1) is 9.81. The molecule has 1 aromatic carbocycles. The van der Waals surface area contributed by atoms with E-state index in [9.17, 15) is 0 Å². The number of benzene rings is 1. The summed E-state index contributed by atoms with van der Waals surface area (Å²) in [6.07, 6.45) is 2.96. The Labute approximate surface area is 123 Å². The van der Waals surface area contributed by atoms with Crippen LogP contribution in [0.3, 0.4) is 0 Å². The molecule has 2 rings (SSSR count). The molecule has 1 aromatic heterocycles. The number of ether oxygens (including phenoxy) is 2. The minimum Gasteiger partial charge on any atom is -0.488 e. The van der Waals surface area contributed by atoms with Crippen LogP contribution in [0.15, 0.2) is 30.5 Å². The van der Waals surface area contributed by atoms with Crippen LogP contribution >= 0.6 is 11.3 Å². The molecule has 2 aromatic rings. The Kier molecular flexibility index (Phi) is 5.83. The fourth-order valence-corrected chi connectivity index (χ4v) is 2.49. The van der Waals surface area contributed by atoms with Gasteiger partial charge in [-0.25, -0.2) is 4.98 Å². The summed E-state index contributed by atoms with van der Waals surface area (Å²) in [5, 5.41) is 4.23. The molecular formula is C15H20N2O2S. The minimum absolute atomic E-state index is 0.544. The van der Waals surface area contributed by atoms with Gasteiger partial charge in [-0.2, -0.15) is 0 Å². The third-order valence-corrected chi connectivity index (χ3v) is 3.60. The number of nitrogens with one attached hydrogen (secondary N) is 1. The maximum atomic E-state index is 5.78. The number of hydrogen-bond acceptors (Lipinski definition) is 5. The van der Waals surface area contributed by atoms with Crippen LogP contribution in [0.5, 0.6) is 5.75 Å². The predicted molar refractivity (Wildman–Crippen MR) is 82.4 cm³/mol. The van der Waals surface area contributed by atoms with Crippen molar-refractivity contribution < 1.29 is 9.47 Å². The third-order valence-electron chi connectivity index (χ3n) is 2.67. The van der Waals surface area contributed by atoms with Crippen LogP contribution in [0.4, 0.5) is 5.13 Å². The molecule has 0 aliphatic rings. The highest BCUT2D eigenvalue weighted by molar-refractivity contribution is 7.15. The number of methoxy groups -OCH3 is 1. The van der Waals surface area contributed by atoms with E-state index in [0.29, 0.717) is 13.2 Å². The molecule has 0 aliphatic carbocycles. The Balaban J connectivity index is 1.88. The molecule has 1 N–H and O–H groups in total. The zero-order chi connectivity index (χ0) is 14.2. The van der Waals surface area contributed by atoms with E-state index in [0.717, 1.165) is 34.3 Å². The van der Waals surface area contributed by atoms with Crippen LogP contribution in [0, 0.1) is 0 Å². The van der Waals surface area contributed by atoms with Gasteiger partial charge >= 0.3 is 0 Å². The monoisotopic (exact) mass is 292 g/mol. The normalized spacial score (nSPS) is 10.5. The lowest BCUT2D eigenvalue weighted by Gasteiger charge is -2.06. The van der Waals surface area contributed by atoms with Gasteiger partial charge in [0.15, 0.2) is 5.13 Å². The number of hydrogen-bond donors (Lipinski definition) is 1. The van der Waals surface area contributed by atoms with Gasteiger partial charge in [0.2, 0.25) is 0 Å². The van der Waals surface area contributed by atoms with E-state index in [1.54, 1.807) is 18.4 Å². The van der Waals surface area contributed by atoms with E-state index in [4.69, 9.17) is 9.47 Å². The summed E-state index contributed by atoms with van der Waals surface area (Å²) in [6.45, 7) is 4.23. The average molecular weight is 292 g/mol. The Bertz CT molecular complexity index is 528. The van der Waals surface area contributed by atoms with Crippen molar-refractivity contribution in [1.29, 1.82) is 0 Å². The van der Waals surface area contributed by atoms with Crippen molar-refractivity contribution in [3.63, 3.8) is 0 Å². The van der Waals surface area contributed by atoms with Crippen LogP contribution in [0.2, 0.25) is 0 Å². The molecule has 0 bridgehead atoms. The van der Waals surface area contributed by atoms with E-state index in [1.807, 2.05) is 30.5 Å². The second-order valence-corrected chi connectivity index (χ2v) is 5.54. The Morgan fingerprint density at radius 1 is 1.30 bits per heavy atom. The van der Waals surface area contributed by atoms with Gasteiger partial charge in [-0.3, -0.25) is 0 Å². The van der Waals surface area contributed by atoms with Crippen molar-refractivity contribution in [3.8, 4) is 5.75 Å². The molecule has 0 saturated carbocycles. The van der Waals surface area contributed by atoms with E-state index < -0.39 is 0 Å². The number of rotatable bonds is 8. The van der Waals surface area contributed by atoms with Crippen LogP contribution in [0.1, 0.15) is 23.8 Å². The maximum Gasteiger partial charge on any atom is 0.182 e. The number of aromatic nitrogens is 1. The molecule has 0 unspecified atom stereocenters. The Morgan fingerprint density at radius 2 is 2.20 bits per heavy atom. The molecule has 1 heterocycles. The second-order valence-electron chi connectivity index (χ2n) is 4.43. The SMILES string of the molecule is CCCNc1ncc(COc2cccc(COC)c2)s1. The first-order valence-electron chi connectivity index (χ1n) is 6.71. The van der Waals surface area contributed by atoms with E-state index in [-0.39, 0.29) is 0 Å². The van der Waals surface area contributed by atoms with Gasteiger partial charge in [0.25, 0.3) is 0 Å². The van der Waals surface area contributed by atoms with Crippen LogP contribution < -0.4 is 10.1 Å². The fraction of sp³-hybridized carbons (Fsp3) is 0.400. The predicted octanol–water partition coefficient (Wildman–Crippen LogP) is 3.69. The molecule has 108 valence electrons. The molecule has 0 aliphatic heterocycles. The van der Waals surface area contributed by atoms with Crippen molar-refractivity contribution >= 4 is 16.5 Å². The topological polar surface area (TPSA) is 43.4 Å². The third kappa shape index (κ3) is 4.51. The zero-order valence-corrected chi connectivity index (χ0v) is 12.7. The molecule has 20 heavy (non-hydrogen) atoms. The number of anilines is 1. The zero-order valence-electron chi connectivity index (χ0n) is 11.9. The van der Waals surface area contributed by atoms with Crippen LogP contribution in [0.25, 0.3) is 0 Å². The van der Waals surface area contributed by atoms with Crippen LogP contribution in [-0.4, -0.2) is 18.6 Å². The molecule has 0 saturated heterocycles. The molecule has 0 radical (unpaired) electrons. The summed E-state index contributed by atoms with van der Waals surface area (Å²) in [5.74, 6) is 0.857. The highest BCUT2D eigenvalue weighted by Crippen LogP contribution is 2.21. The quantitative estimate of drug-likeness (QED) is 0.806. The Hall–Kier alpha value is -1.59. The lowest BCUT2D eigenvalue weighted by Crippen LogP contribution is -1.98. The Morgan fingerprint density at radius 3 is 3.00 bits per heavy atom. The first kappa shape index (κ1) is 14.8. The van der Waals surface area contributed by atoms with E-state index in [1.165, 1.54) is 0 Å². The molecule has 4 nitrogen and oxygen atoms in total. The molecule has 0 fully saturated rings. The maximum absolute atomic E-state index is 5.78. The molecular weight excluding hydrogens is 272 g/mol. The largest absolute Gasteiger partial charge is 0.488 e. The van der Waals surface area contributed by atoms with Crippen molar-refractivity contribution in [2.24, 2.45) is 0 Å². The summed E-state index contributed by atoms with van der Waals surface area (Å²) < 4.78 is 10.9. The second kappa shape index (κ2) is 7.87. The minimum atomic E-state index is 0.544. The summed E-state index contributed by atoms with van der Waals surface area (Å²) in [6, 6.07) is 7.96. The van der Waals surface area contributed by atoms with Gasteiger partial charge in [0.1, 0.15) is 12.4 Å². The van der Waals surface area contributed by atoms with Gasteiger partial charge in [-0.1, -0.05) is 30.4 Å². The highest BCUT2D eigenvalue weighted by Gasteiger charge is 2.03. The first-order valence-corrected chi connectivity index (χ1v) is 7.52. The molecule has 5 heteroatoms. The van der Waals surface area contributed by atoms with Crippen molar-refractivity contribution in [1.82, 2.24) is 4.98 Å². The van der Waals surface area contributed by atoms with Gasteiger partial charge in [0.05, 0.1) is 11.5 Å². The lowest BCUT2D eigenvalue weighted by atomic mass is 10.2. The van der Waals surface area contributed by atoms with Gasteiger partial charge < -0.3 is 14.8 Å². The summed E-state index contributed by atoms with van der Waals surface area (Å²) in [4.78, 5) is 5.43. The lowest BCUT2D eigenvalue weighted by molar-refractivity contribution is 0.184. The summed E-state index contributed by atoms with van der Waals surface area (Å²) in [5.41, 5.74) is 1.11. The fourth-order valence-electron chi connectivity index (χ4n) is 1.73. The number of thiazole rings is 1. The van der Waals surface area contributed by atoms with Gasteiger partial charge in [-0.05, 0) is 24.1 Å². The van der Waals surface area contributed by atoms with Gasteiger partial charge in [0, 0.05) is 19.9 Å². The molecule has 0 atom stereocenters. The van der Waals surface area contributed by atoms with Crippen molar-refractivity contribution in [2.75, 3.05) is 19.0 Å².